The molecule has 0 N–H and O–H groups in total. The van der Waals surface area contributed by atoms with Crippen molar-refractivity contribution in [1.82, 2.24) is 0 Å². The van der Waals surface area contributed by atoms with Crippen LogP contribution in [0.25, 0.3) is 66.8 Å². The van der Waals surface area contributed by atoms with E-state index in [9.17, 15) is 0 Å². The van der Waals surface area contributed by atoms with Crippen molar-refractivity contribution in [2.45, 2.75) is 0 Å². The van der Waals surface area contributed by atoms with Crippen molar-refractivity contribution in [3.63, 3.8) is 0 Å². The van der Waals surface area contributed by atoms with Gasteiger partial charge in [0.05, 0.1) is 15.1 Å². The molecule has 0 aliphatic rings. The highest BCUT2D eigenvalue weighted by molar-refractivity contribution is 6.48. The minimum Gasteiger partial charge on any atom is -0.115 e. The summed E-state index contributed by atoms with van der Waals surface area (Å²) < 4.78 is 0. The summed E-state index contributed by atoms with van der Waals surface area (Å²) >= 11 is 20.9. The van der Waals surface area contributed by atoms with Crippen molar-refractivity contribution >= 4 is 34.8 Å². The predicted molar refractivity (Wildman–Crippen MR) is 317 cm³/mol. The van der Waals surface area contributed by atoms with E-state index in [-0.39, 0.29) is 0 Å². The van der Waals surface area contributed by atoms with E-state index in [4.69, 9.17) is 60.5 Å². The minimum absolute atomic E-state index is 0.441. The van der Waals surface area contributed by atoms with E-state index in [1.165, 1.54) is 0 Å². The predicted octanol–water partition coefficient (Wildman–Crippen LogP) is 18.1. The van der Waals surface area contributed by atoms with Crippen LogP contribution in [-0.2, 0) is 0 Å². The monoisotopic (exact) mass is 1010 g/mol. The van der Waals surface area contributed by atoms with E-state index >= 15 is 0 Å². The van der Waals surface area contributed by atoms with Gasteiger partial charge in [-0.05, 0) is 165 Å². The van der Waals surface area contributed by atoms with E-state index in [0.29, 0.717) is 31.8 Å². The van der Waals surface area contributed by atoms with Crippen molar-refractivity contribution in [3.05, 3.63) is 284 Å². The SMILES string of the molecule is C#Cc1ccc(-c2c(Cl)c(-c3ccc(C#C)cc3)c(Cl)c(-c3ccc(C#C)cc3)c2Cl)cc1.C#Cc1ccc(-c2cc(-c3ccc(C#Cc4ccccc4)cc3)cc(-c3ccc(C#Cc4ccccc4)cc3)c2)cc1. The molecule has 0 spiro atoms. The topological polar surface area (TPSA) is 0 Å². The molecule has 0 saturated heterocycles. The standard InChI is InChI=1S/C42H26.C30H15Cl3/c1-2-32-17-23-37(24-18-32)40-29-41(38-25-19-35(20-26-38)15-13-33-9-5-3-6-10-33)31-42(30-40)39-27-21-36(22-28-39)16-14-34-11-7-4-8-12-34;1-4-19-7-13-22(14-8-19)25-28(31)26(23-15-9-20(5-2)10-16-23)30(33)27(29(25)32)24-17-11-21(6-3)12-18-24/h1,3-12,17-31H;1-3,7-18H. The lowest BCUT2D eigenvalue weighted by Crippen LogP contribution is -1.94. The van der Waals surface area contributed by atoms with Crippen LogP contribution in [0.15, 0.2) is 224 Å². The fraction of sp³-hybridized carbons (Fsp3) is 0. The van der Waals surface area contributed by atoms with Crippen LogP contribution in [-0.4, -0.2) is 0 Å². The Morgan fingerprint density at radius 1 is 0.213 bits per heavy atom. The van der Waals surface area contributed by atoms with Crippen LogP contribution in [0.5, 0.6) is 0 Å². The van der Waals surface area contributed by atoms with Crippen LogP contribution in [0.4, 0.5) is 0 Å². The molecule has 75 heavy (non-hydrogen) atoms. The number of hydrogen-bond acceptors (Lipinski definition) is 0. The van der Waals surface area contributed by atoms with Crippen molar-refractivity contribution in [3.8, 4) is 140 Å². The third-order valence-corrected chi connectivity index (χ3v) is 13.5. The van der Waals surface area contributed by atoms with Crippen LogP contribution in [0.2, 0.25) is 15.1 Å². The number of rotatable bonds is 6. The molecule has 0 nitrogen and oxygen atoms in total. The van der Waals surface area contributed by atoms with Crippen molar-refractivity contribution in [1.29, 1.82) is 0 Å². The lowest BCUT2D eigenvalue weighted by atomic mass is 9.91. The van der Waals surface area contributed by atoms with Gasteiger partial charge in [0.1, 0.15) is 0 Å². The maximum atomic E-state index is 6.97. The maximum Gasteiger partial charge on any atom is 0.0593 e. The second-order valence-corrected chi connectivity index (χ2v) is 18.3. The molecule has 0 bridgehead atoms. The van der Waals surface area contributed by atoms with Gasteiger partial charge >= 0.3 is 0 Å². The van der Waals surface area contributed by atoms with E-state index < -0.39 is 0 Å². The summed E-state index contributed by atoms with van der Waals surface area (Å²) in [5, 5.41) is 1.32. The van der Waals surface area contributed by atoms with E-state index in [2.05, 4.69) is 126 Å². The Bertz CT molecular complexity index is 3660. The molecule has 0 radical (unpaired) electrons. The summed E-state index contributed by atoms with van der Waals surface area (Å²) in [6, 6.07) is 74.3. The molecular weight excluding hydrogens is 971 g/mol. The van der Waals surface area contributed by atoms with Crippen LogP contribution in [0.3, 0.4) is 0 Å². The molecule has 0 unspecified atom stereocenters. The zero-order valence-corrected chi connectivity index (χ0v) is 42.6. The zero-order chi connectivity index (χ0) is 52.1. The molecule has 10 aromatic rings. The summed E-state index contributed by atoms with van der Waals surface area (Å²) in [4.78, 5) is 0. The maximum absolute atomic E-state index is 6.97. The third-order valence-electron chi connectivity index (χ3n) is 12.3. The highest BCUT2D eigenvalue weighted by Gasteiger charge is 2.24. The highest BCUT2D eigenvalue weighted by atomic mass is 35.5. The first-order chi connectivity index (χ1) is 36.7. The van der Waals surface area contributed by atoms with Gasteiger partial charge in [-0.3, -0.25) is 0 Å². The summed E-state index contributed by atoms with van der Waals surface area (Å²) in [5.41, 5.74) is 18.4. The Kier molecular flexibility index (Phi) is 16.0. The molecule has 0 saturated carbocycles. The number of halogens is 3. The smallest absolute Gasteiger partial charge is 0.0593 e. The Hall–Kier alpha value is -9.57. The second kappa shape index (κ2) is 23.8. The first-order valence-corrected chi connectivity index (χ1v) is 24.8. The molecule has 0 heterocycles. The Morgan fingerprint density at radius 2 is 0.413 bits per heavy atom. The molecule has 0 amide bonds. The van der Waals surface area contributed by atoms with E-state index in [1.54, 1.807) is 0 Å². The molecular formula is C72H41Cl3. The van der Waals surface area contributed by atoms with Gasteiger partial charge in [0, 0.05) is 61.2 Å². The van der Waals surface area contributed by atoms with Gasteiger partial charge in [-0.15, -0.1) is 25.7 Å². The molecule has 0 atom stereocenters. The van der Waals surface area contributed by atoms with E-state index in [1.807, 2.05) is 146 Å². The molecule has 0 aliphatic carbocycles. The average Bonchev–Trinajstić information content (AvgIpc) is 3.47. The van der Waals surface area contributed by atoms with Crippen molar-refractivity contribution < 1.29 is 0 Å². The minimum atomic E-state index is 0.441. The first-order valence-electron chi connectivity index (χ1n) is 23.7. The molecule has 0 aliphatic heterocycles. The van der Waals surface area contributed by atoms with Crippen molar-refractivity contribution in [2.75, 3.05) is 0 Å². The Morgan fingerprint density at radius 3 is 0.640 bits per heavy atom. The fourth-order valence-corrected chi connectivity index (χ4v) is 9.70. The molecule has 10 aromatic carbocycles. The zero-order valence-electron chi connectivity index (χ0n) is 40.3. The van der Waals surface area contributed by atoms with Gasteiger partial charge in [-0.2, -0.15) is 0 Å². The summed E-state index contributed by atoms with van der Waals surface area (Å²) in [7, 11) is 0. The van der Waals surface area contributed by atoms with Gasteiger partial charge in [-0.25, -0.2) is 0 Å². The molecule has 350 valence electrons. The lowest BCUT2D eigenvalue weighted by molar-refractivity contribution is 1.54. The number of benzene rings is 10. The summed E-state index contributed by atoms with van der Waals surface area (Å²) in [6.07, 6.45) is 22.2. The number of terminal acetylenes is 4. The second-order valence-electron chi connectivity index (χ2n) is 17.1. The van der Waals surface area contributed by atoms with Gasteiger partial charge in [0.15, 0.2) is 0 Å². The molecule has 10 rings (SSSR count). The fourth-order valence-electron chi connectivity index (χ4n) is 8.33. The van der Waals surface area contributed by atoms with Gasteiger partial charge in [-0.1, -0.05) is 191 Å². The number of hydrogen-bond donors (Lipinski definition) is 0. The largest absolute Gasteiger partial charge is 0.115 e. The van der Waals surface area contributed by atoms with Crippen LogP contribution in [0.1, 0.15) is 44.5 Å². The van der Waals surface area contributed by atoms with Gasteiger partial charge in [0.2, 0.25) is 0 Å². The highest BCUT2D eigenvalue weighted by Crippen LogP contribution is 2.51. The van der Waals surface area contributed by atoms with Crippen LogP contribution < -0.4 is 0 Å². The van der Waals surface area contributed by atoms with Gasteiger partial charge in [0.25, 0.3) is 0 Å². The lowest BCUT2D eigenvalue weighted by Gasteiger charge is -2.20. The third kappa shape index (κ3) is 12.0. The summed E-state index contributed by atoms with van der Waals surface area (Å²) in [6.45, 7) is 0. The Labute approximate surface area is 455 Å². The quantitative estimate of drug-likeness (QED) is 0.146. The Balaban J connectivity index is 0.000000189. The first kappa shape index (κ1) is 50.4. The summed E-state index contributed by atoms with van der Waals surface area (Å²) in [5.74, 6) is 23.6. The van der Waals surface area contributed by atoms with Crippen molar-refractivity contribution in [2.24, 2.45) is 0 Å². The van der Waals surface area contributed by atoms with E-state index in [0.717, 1.165) is 94.6 Å². The van der Waals surface area contributed by atoms with Crippen LogP contribution in [0, 0.1) is 73.1 Å². The normalized spacial score (nSPS) is 10.1. The van der Waals surface area contributed by atoms with Gasteiger partial charge < -0.3 is 0 Å². The average molecular weight is 1010 g/mol. The molecule has 0 aromatic heterocycles. The molecule has 0 fully saturated rings. The van der Waals surface area contributed by atoms with Crippen LogP contribution >= 0.6 is 34.8 Å². The molecule has 3 heteroatoms.